The molecule has 8 rings (SSSR count). The van der Waals surface area contributed by atoms with E-state index in [-0.39, 0.29) is 51.6 Å². The molecule has 0 aliphatic heterocycles. The van der Waals surface area contributed by atoms with Gasteiger partial charge in [-0.25, -0.2) is 14.4 Å². The molecular weight excluding hydrogens is 1830 g/mol. The second-order valence-electron chi connectivity index (χ2n) is 23.2. The molecule has 0 atom stereocenters. The van der Waals surface area contributed by atoms with Crippen LogP contribution in [0.4, 0.5) is 0 Å². The summed E-state index contributed by atoms with van der Waals surface area (Å²) in [6, 6.07) is 51.5. The van der Waals surface area contributed by atoms with Gasteiger partial charge in [0.15, 0.2) is 51.6 Å². The first kappa shape index (κ1) is 97.9. The van der Waals surface area contributed by atoms with Crippen LogP contribution in [0.25, 0.3) is 0 Å². The summed E-state index contributed by atoms with van der Waals surface area (Å²) in [4.78, 5) is 133. The van der Waals surface area contributed by atoms with Crippen LogP contribution in [0.2, 0.25) is 20.1 Å². The summed E-state index contributed by atoms with van der Waals surface area (Å²) >= 11 is 30.8. The third-order valence-electron chi connectivity index (χ3n) is 13.2. The van der Waals surface area contributed by atoms with Crippen molar-refractivity contribution in [1.29, 1.82) is 0 Å². The predicted molar refractivity (Wildman–Crippen MR) is 402 cm³/mol. The molecule has 0 fully saturated rings. The summed E-state index contributed by atoms with van der Waals surface area (Å²) in [5, 5.41) is 33.2. The Hall–Kier alpha value is -8.16. The summed E-state index contributed by atoms with van der Waals surface area (Å²) in [6.45, 7) is 10.4. The van der Waals surface area contributed by atoms with Gasteiger partial charge in [-0.1, -0.05) is 58.0 Å². The average molecular weight is 1900 g/mol. The van der Waals surface area contributed by atoms with Crippen molar-refractivity contribution in [3.8, 4) is 23.0 Å². The van der Waals surface area contributed by atoms with E-state index in [1.54, 1.807) is 198 Å². The Morgan fingerprint density at radius 1 is 0.355 bits per heavy atom. The van der Waals surface area contributed by atoms with Crippen molar-refractivity contribution >= 4 is 150 Å². The molecule has 0 aliphatic rings. The molecule has 1 radical (unpaired) electrons. The second-order valence-corrected chi connectivity index (χ2v) is 47.9. The Morgan fingerprint density at radius 2 is 0.518 bits per heavy atom. The Balaban J connectivity index is 0.000000478. The summed E-state index contributed by atoms with van der Waals surface area (Å²) in [5.41, 5.74) is -1.17. The van der Waals surface area contributed by atoms with Gasteiger partial charge in [-0.15, -0.1) is 30.3 Å². The predicted octanol–water partition coefficient (Wildman–Crippen LogP) is 18.2. The number of alkyl halides is 1. The van der Waals surface area contributed by atoms with Gasteiger partial charge in [0.2, 0.25) is 13.6 Å². The molecule has 0 amide bonds. The molecule has 0 saturated carbocycles. The van der Waals surface area contributed by atoms with E-state index in [0.717, 1.165) is 0 Å². The molecule has 0 heterocycles. The van der Waals surface area contributed by atoms with Gasteiger partial charge >= 0.3 is 67.5 Å². The molecule has 0 spiro atoms. The van der Waals surface area contributed by atoms with Crippen molar-refractivity contribution in [2.45, 2.75) is 77.8 Å². The van der Waals surface area contributed by atoms with Crippen LogP contribution in [0, 0.1) is 30.3 Å². The number of ether oxygens (including phenoxy) is 7. The molecule has 0 aromatic heterocycles. The van der Waals surface area contributed by atoms with Crippen molar-refractivity contribution in [2.24, 2.45) is 0 Å². The zero-order valence-electron chi connectivity index (χ0n) is 58.4. The molecule has 27 nitrogen and oxygen atoms in total. The van der Waals surface area contributed by atoms with E-state index in [1.165, 1.54) is 52.0 Å². The van der Waals surface area contributed by atoms with E-state index in [0.29, 0.717) is 87.6 Å². The SMILES string of the molecule is CC(C)(Oc1ccc(C(=O)c2ccc(Cl)cc2)cc1)C(=O)Cl.CC(C)(Oc1ccc(C(=O)c2ccc(Cl)cc2)cc1)C(=O)OCCl.CC(C)(Oc1ccc(C(=O)c2ccc(Cl)cc2)cc1)C(=O)OCO[N+](=O)[O-].CC(C)(Oc1ccc(C(=O)c2ccc(Cl)cc2)cc1)C(=O)OCO[N+](=O)[O-].O=[N+]([O-])O.[Ag].[Cl][Zr]([Cl])([Cl])[Cl]. The number of nitrogens with zero attached hydrogens (tertiary/aromatic N) is 3. The Labute approximate surface area is 692 Å². The maximum absolute atomic E-state index is 12.4. The summed E-state index contributed by atoms with van der Waals surface area (Å²) in [7, 11) is 20.1. The number of carbonyl (C=O) groups is 8. The van der Waals surface area contributed by atoms with Crippen molar-refractivity contribution in [1.82, 2.24) is 0 Å². The summed E-state index contributed by atoms with van der Waals surface area (Å²) in [6.07, 6.45) is 0. The molecule has 0 aliphatic carbocycles. The molecule has 110 heavy (non-hydrogen) atoms. The van der Waals surface area contributed by atoms with Gasteiger partial charge in [-0.2, -0.15) is 0 Å². The van der Waals surface area contributed by atoms with Gasteiger partial charge in [0.25, 0.3) is 20.5 Å². The fraction of sp³-hybridized carbons (Fsp3) is 0.211. The zero-order valence-corrected chi connectivity index (χ0v) is 69.9. The quantitative estimate of drug-likeness (QED) is 0.00575. The molecular formula is C71H63AgCl10N3O24Zr. The van der Waals surface area contributed by atoms with E-state index in [4.69, 9.17) is 143 Å². The van der Waals surface area contributed by atoms with Crippen molar-refractivity contribution in [3.63, 3.8) is 0 Å². The van der Waals surface area contributed by atoms with Gasteiger partial charge in [0.1, 0.15) is 23.0 Å². The van der Waals surface area contributed by atoms with Crippen molar-refractivity contribution in [2.75, 3.05) is 19.7 Å². The molecule has 0 saturated heterocycles. The Morgan fingerprint density at radius 3 is 0.682 bits per heavy atom. The van der Waals surface area contributed by atoms with Gasteiger partial charge in [-0.05, 0) is 261 Å². The van der Waals surface area contributed by atoms with E-state index in [2.05, 4.69) is 19.1 Å². The van der Waals surface area contributed by atoms with Crippen molar-refractivity contribution in [3.05, 3.63) is 289 Å². The van der Waals surface area contributed by atoms with E-state index >= 15 is 0 Å². The van der Waals surface area contributed by atoms with Crippen LogP contribution in [0.15, 0.2) is 194 Å². The maximum atomic E-state index is 12.4. The molecule has 1 N–H and O–H groups in total. The minimum atomic E-state index is -3.29. The normalized spacial score (nSPS) is 10.7. The monoisotopic (exact) mass is 1890 g/mol. The zero-order chi connectivity index (χ0) is 82.2. The fourth-order valence-electron chi connectivity index (χ4n) is 7.93. The first-order valence-electron chi connectivity index (χ1n) is 30.5. The topological polar surface area (TPSA) is 369 Å². The molecule has 0 bridgehead atoms. The van der Waals surface area contributed by atoms with E-state index in [9.17, 15) is 58.6 Å². The molecule has 8 aromatic rings. The summed E-state index contributed by atoms with van der Waals surface area (Å²) < 4.78 is 36.2. The van der Waals surface area contributed by atoms with E-state index in [1.807, 2.05) is 0 Å². The number of hydrogen-bond acceptors (Lipinski definition) is 23. The van der Waals surface area contributed by atoms with Crippen molar-refractivity contribution < 1.29 is 140 Å². The Bertz CT molecular complexity index is 4260. The third-order valence-corrected chi connectivity index (χ3v) is 14.8. The molecule has 0 unspecified atom stereocenters. The van der Waals surface area contributed by atoms with Gasteiger partial charge in [0.05, 0.1) is 0 Å². The van der Waals surface area contributed by atoms with Crippen LogP contribution in [-0.2, 0) is 80.9 Å². The third kappa shape index (κ3) is 36.8. The minimum absolute atomic E-state index is 0. The van der Waals surface area contributed by atoms with Gasteiger partial charge in [0, 0.05) is 87.0 Å². The van der Waals surface area contributed by atoms with Crippen LogP contribution in [0.5, 0.6) is 23.0 Å². The number of halogens is 10. The van der Waals surface area contributed by atoms with Gasteiger partial charge in [-0.3, -0.25) is 33.6 Å². The number of carbonyl (C=O) groups excluding carboxylic acids is 8. The van der Waals surface area contributed by atoms with E-state index < -0.39 is 89.9 Å². The van der Waals surface area contributed by atoms with Gasteiger partial charge < -0.3 is 38.4 Å². The van der Waals surface area contributed by atoms with Crippen LogP contribution < -0.4 is 18.9 Å². The number of benzene rings is 8. The number of hydrogen-bond donors (Lipinski definition) is 1. The second kappa shape index (κ2) is 46.6. The average Bonchev–Trinajstić information content (AvgIpc) is 0.844. The summed E-state index contributed by atoms with van der Waals surface area (Å²) in [5.74, 6) is -1.32. The number of ketones is 4. The Kier molecular flexibility index (Phi) is 41.5. The van der Waals surface area contributed by atoms with Crippen LogP contribution in [-0.4, -0.2) is 109 Å². The first-order valence-corrected chi connectivity index (χ1v) is 45.6. The number of rotatable bonds is 27. The molecule has 8 aromatic carbocycles. The number of esters is 3. The standard InChI is InChI=1S/C18H16Cl2O4.2C18H16ClNO7.C17H14Cl2O3.Ag.4ClH.HNO3.Zr/c1-18(2,17(22)23-11-19)24-15-9-5-13(6-10-15)16(21)12-3-7-14(20)8-4-12;2*1-18(2,17(22)25-11-26-20(23)24)27-15-9-5-13(6-10-15)16(21)12-3-7-14(19)8-4-12;1-17(2,16(19)21)22-14-9-5-12(6-10-14)15(20)11-3-7-13(18)8-4-11;;;;;;2-1(3)4;/h3-10H,11H2,1-2H3;2*3-10H,11H2,1-2H3;3-10H,1-2H3;;4*1H;(H,2,3,4);/q;;;;;;;;;;+4/p-4. The fourth-order valence-corrected chi connectivity index (χ4v) is 8.57. The van der Waals surface area contributed by atoms with Crippen LogP contribution >= 0.6 is 104 Å². The first-order chi connectivity index (χ1) is 50.7. The van der Waals surface area contributed by atoms with Crippen LogP contribution in [0.1, 0.15) is 119 Å². The van der Waals surface area contributed by atoms with Crippen LogP contribution in [0.3, 0.4) is 0 Å². The molecule has 591 valence electrons. The molecule has 39 heteroatoms.